The maximum absolute atomic E-state index is 11.9. The van der Waals surface area contributed by atoms with Gasteiger partial charge in [-0.15, -0.1) is 0 Å². The molecule has 8 heteroatoms. The monoisotopic (exact) mass is 344 g/mol. The molecule has 2 aliphatic rings. The number of hydrogen-bond acceptors (Lipinski definition) is 4. The summed E-state index contributed by atoms with van der Waals surface area (Å²) in [5.74, 6) is -0.134. The smallest absolute Gasteiger partial charge is 0.244 e. The van der Waals surface area contributed by atoms with Gasteiger partial charge in [-0.25, -0.2) is 8.42 Å². The van der Waals surface area contributed by atoms with Crippen LogP contribution in [0.15, 0.2) is 29.3 Å². The van der Waals surface area contributed by atoms with E-state index in [4.69, 9.17) is 11.6 Å². The van der Waals surface area contributed by atoms with Crippen LogP contribution in [0.3, 0.4) is 0 Å². The molecule has 5 nitrogen and oxygen atoms in total. The van der Waals surface area contributed by atoms with Crippen LogP contribution in [-0.2, 0) is 14.6 Å². The van der Waals surface area contributed by atoms with Gasteiger partial charge in [-0.2, -0.15) is 4.99 Å². The van der Waals surface area contributed by atoms with Crippen LogP contribution in [0.5, 0.6) is 0 Å². The molecule has 0 N–H and O–H groups in total. The SMILES string of the molecule is CC(=O)N=C1S[C@@H]2CS(=O)(=O)C[C@H]2N1c1ccccc1Cl. The molecule has 2 fully saturated rings. The summed E-state index contributed by atoms with van der Waals surface area (Å²) in [4.78, 5) is 17.1. The van der Waals surface area contributed by atoms with Gasteiger partial charge in [-0.05, 0) is 12.1 Å². The molecule has 0 radical (unpaired) electrons. The molecule has 21 heavy (non-hydrogen) atoms. The second-order valence-electron chi connectivity index (χ2n) is 5.04. The van der Waals surface area contributed by atoms with Crippen LogP contribution in [-0.4, -0.2) is 42.3 Å². The van der Waals surface area contributed by atoms with Gasteiger partial charge in [0, 0.05) is 12.2 Å². The third-order valence-corrected chi connectivity index (χ3v) is 6.96. The van der Waals surface area contributed by atoms with Gasteiger partial charge in [0.15, 0.2) is 15.0 Å². The van der Waals surface area contributed by atoms with Crippen LogP contribution >= 0.6 is 23.4 Å². The number of amidine groups is 1. The first-order chi connectivity index (χ1) is 9.87. The van der Waals surface area contributed by atoms with Crippen molar-refractivity contribution in [2.24, 2.45) is 4.99 Å². The van der Waals surface area contributed by atoms with Crippen LogP contribution in [0.25, 0.3) is 0 Å². The summed E-state index contributed by atoms with van der Waals surface area (Å²) < 4.78 is 23.7. The Hall–Kier alpha value is -1.05. The highest BCUT2D eigenvalue weighted by molar-refractivity contribution is 8.16. The third kappa shape index (κ3) is 2.82. The number of para-hydroxylation sites is 1. The number of carbonyl (C=O) groups excluding carboxylic acids is 1. The standard InChI is InChI=1S/C13H13ClN2O3S2/c1-8(17)15-13-16(10-5-3-2-4-9(10)14)11-6-21(18,19)7-12(11)20-13/h2-5,11-12H,6-7H2,1H3/t11-,12-/m1/s1. The Morgan fingerprint density at radius 2 is 2.10 bits per heavy atom. The van der Waals surface area contributed by atoms with Crippen molar-refractivity contribution in [2.75, 3.05) is 16.4 Å². The average molecular weight is 345 g/mol. The number of anilines is 1. The van der Waals surface area contributed by atoms with E-state index in [9.17, 15) is 13.2 Å². The Morgan fingerprint density at radius 1 is 1.38 bits per heavy atom. The van der Waals surface area contributed by atoms with Crippen molar-refractivity contribution >= 4 is 50.0 Å². The Morgan fingerprint density at radius 3 is 2.76 bits per heavy atom. The summed E-state index contributed by atoms with van der Waals surface area (Å²) in [7, 11) is -3.06. The van der Waals surface area contributed by atoms with E-state index in [0.29, 0.717) is 15.9 Å². The lowest BCUT2D eigenvalue weighted by molar-refractivity contribution is -0.115. The first kappa shape index (κ1) is 14.9. The molecule has 1 amide bonds. The van der Waals surface area contributed by atoms with Gasteiger partial charge in [0.25, 0.3) is 0 Å². The Labute approximate surface area is 132 Å². The van der Waals surface area contributed by atoms with E-state index >= 15 is 0 Å². The predicted octanol–water partition coefficient (Wildman–Crippen LogP) is 1.96. The number of rotatable bonds is 1. The number of halogens is 1. The number of hydrogen-bond donors (Lipinski definition) is 0. The topological polar surface area (TPSA) is 66.8 Å². The molecular formula is C13H13ClN2O3S2. The molecule has 0 saturated carbocycles. The van der Waals surface area contributed by atoms with Crippen LogP contribution in [0.2, 0.25) is 5.02 Å². The highest BCUT2D eigenvalue weighted by atomic mass is 35.5. The quantitative estimate of drug-likeness (QED) is 0.779. The molecule has 1 aromatic carbocycles. The molecule has 0 bridgehead atoms. The first-order valence-electron chi connectivity index (χ1n) is 6.37. The van der Waals surface area contributed by atoms with Crippen LogP contribution in [0.1, 0.15) is 6.92 Å². The second-order valence-corrected chi connectivity index (χ2v) is 8.80. The van der Waals surface area contributed by atoms with Crippen LogP contribution in [0, 0.1) is 0 Å². The van der Waals surface area contributed by atoms with Gasteiger partial charge in [0.05, 0.1) is 28.3 Å². The largest absolute Gasteiger partial charge is 0.314 e. The predicted molar refractivity (Wildman–Crippen MR) is 85.9 cm³/mol. The van der Waals surface area contributed by atoms with E-state index in [1.165, 1.54) is 18.7 Å². The number of fused-ring (bicyclic) bond motifs is 1. The molecule has 0 spiro atoms. The number of nitrogens with zero attached hydrogens (tertiary/aromatic N) is 2. The van der Waals surface area contributed by atoms with E-state index in [0.717, 1.165) is 0 Å². The second kappa shape index (κ2) is 5.30. The van der Waals surface area contributed by atoms with E-state index in [1.807, 2.05) is 12.1 Å². The Balaban J connectivity index is 2.07. The van der Waals surface area contributed by atoms with Crippen molar-refractivity contribution in [3.63, 3.8) is 0 Å². The Kier molecular flexibility index (Phi) is 3.75. The summed E-state index contributed by atoms with van der Waals surface area (Å²) in [5, 5.41) is 0.934. The zero-order valence-electron chi connectivity index (χ0n) is 11.2. The van der Waals surface area contributed by atoms with Gasteiger partial charge < -0.3 is 4.90 Å². The molecule has 2 atom stereocenters. The highest BCUT2D eigenvalue weighted by Crippen LogP contribution is 2.42. The molecule has 2 saturated heterocycles. The molecule has 1 aromatic rings. The van der Waals surface area contributed by atoms with Crippen molar-refractivity contribution in [1.29, 1.82) is 0 Å². The summed E-state index contributed by atoms with van der Waals surface area (Å²) in [6.45, 7) is 1.38. The number of sulfone groups is 1. The van der Waals surface area contributed by atoms with Crippen molar-refractivity contribution < 1.29 is 13.2 Å². The van der Waals surface area contributed by atoms with Gasteiger partial charge in [0.2, 0.25) is 5.91 Å². The Bertz CT molecular complexity index is 733. The molecular weight excluding hydrogens is 332 g/mol. The molecule has 2 aliphatic heterocycles. The maximum atomic E-state index is 11.9. The van der Waals surface area contributed by atoms with Gasteiger partial charge >= 0.3 is 0 Å². The van der Waals surface area contributed by atoms with Crippen molar-refractivity contribution in [3.8, 4) is 0 Å². The minimum absolute atomic E-state index is 0.0623. The number of aliphatic imine (C=N–C) groups is 1. The van der Waals surface area contributed by atoms with Crippen LogP contribution in [0.4, 0.5) is 5.69 Å². The van der Waals surface area contributed by atoms with E-state index < -0.39 is 9.84 Å². The van der Waals surface area contributed by atoms with Crippen molar-refractivity contribution in [1.82, 2.24) is 0 Å². The third-order valence-electron chi connectivity index (χ3n) is 3.43. The number of thioether (sulfide) groups is 1. The van der Waals surface area contributed by atoms with Crippen molar-refractivity contribution in [2.45, 2.75) is 18.2 Å². The minimum Gasteiger partial charge on any atom is -0.314 e. The fourth-order valence-corrected chi connectivity index (χ4v) is 6.81. The minimum atomic E-state index is -3.06. The molecule has 3 rings (SSSR count). The van der Waals surface area contributed by atoms with E-state index in [-0.39, 0.29) is 28.7 Å². The molecule has 2 heterocycles. The number of benzene rings is 1. The fraction of sp³-hybridized carbons (Fsp3) is 0.385. The molecule has 0 unspecified atom stereocenters. The highest BCUT2D eigenvalue weighted by Gasteiger charge is 2.49. The van der Waals surface area contributed by atoms with Gasteiger partial charge in [-0.3, -0.25) is 4.79 Å². The zero-order chi connectivity index (χ0) is 15.2. The summed E-state index contributed by atoms with van der Waals surface area (Å²) in [5.41, 5.74) is 0.691. The van der Waals surface area contributed by atoms with Crippen LogP contribution < -0.4 is 4.90 Å². The molecule has 112 valence electrons. The first-order valence-corrected chi connectivity index (χ1v) is 9.45. The lowest BCUT2D eigenvalue weighted by atomic mass is 10.2. The maximum Gasteiger partial charge on any atom is 0.244 e. The lowest BCUT2D eigenvalue weighted by Gasteiger charge is -2.25. The van der Waals surface area contributed by atoms with Gasteiger partial charge in [0.1, 0.15) is 0 Å². The summed E-state index contributed by atoms with van der Waals surface area (Å²) in [6, 6.07) is 6.96. The zero-order valence-corrected chi connectivity index (χ0v) is 13.6. The lowest BCUT2D eigenvalue weighted by Crippen LogP contribution is -2.37. The van der Waals surface area contributed by atoms with Crippen molar-refractivity contribution in [3.05, 3.63) is 29.3 Å². The normalized spacial score (nSPS) is 28.9. The van der Waals surface area contributed by atoms with E-state index in [2.05, 4.69) is 4.99 Å². The fourth-order valence-electron chi connectivity index (χ4n) is 2.63. The van der Waals surface area contributed by atoms with E-state index in [1.54, 1.807) is 17.0 Å². The summed E-state index contributed by atoms with van der Waals surface area (Å²) in [6.07, 6.45) is 0. The summed E-state index contributed by atoms with van der Waals surface area (Å²) >= 11 is 7.57. The number of amides is 1. The average Bonchev–Trinajstić information content (AvgIpc) is 2.81. The number of carbonyl (C=O) groups is 1. The molecule has 0 aliphatic carbocycles. The van der Waals surface area contributed by atoms with Gasteiger partial charge in [-0.1, -0.05) is 35.5 Å². The molecule has 0 aromatic heterocycles.